The molecule has 0 spiro atoms. The summed E-state index contributed by atoms with van der Waals surface area (Å²) in [5.41, 5.74) is 4.37. The molecule has 0 saturated carbocycles. The van der Waals surface area contributed by atoms with Gasteiger partial charge >= 0.3 is 0 Å². The van der Waals surface area contributed by atoms with Crippen LogP contribution < -0.4 is 5.56 Å². The van der Waals surface area contributed by atoms with E-state index < -0.39 is 0 Å². The van der Waals surface area contributed by atoms with Gasteiger partial charge in [-0.1, -0.05) is 24.3 Å². The Labute approximate surface area is 174 Å². The SMILES string of the molecule is Cc1ccc2c(CC(=O)N(Cc3nc4ccccc4c(=O)[nH]3)C(C)C)coc2c1C. The van der Waals surface area contributed by atoms with E-state index in [0.717, 1.165) is 27.7 Å². The average molecular weight is 403 g/mol. The number of nitrogens with one attached hydrogen (secondary N) is 1. The molecule has 4 aromatic rings. The number of hydrogen-bond acceptors (Lipinski definition) is 4. The molecule has 1 amide bonds. The Bertz CT molecular complexity index is 1300. The van der Waals surface area contributed by atoms with Crippen LogP contribution in [0.3, 0.4) is 0 Å². The molecule has 2 heterocycles. The van der Waals surface area contributed by atoms with Crippen molar-refractivity contribution in [3.8, 4) is 0 Å². The van der Waals surface area contributed by atoms with Crippen molar-refractivity contribution in [2.24, 2.45) is 0 Å². The summed E-state index contributed by atoms with van der Waals surface area (Å²) in [6, 6.07) is 11.2. The number of aromatic amines is 1. The third-order valence-corrected chi connectivity index (χ3v) is 5.61. The number of aryl methyl sites for hydroxylation is 2. The van der Waals surface area contributed by atoms with Gasteiger partial charge in [-0.15, -0.1) is 0 Å². The van der Waals surface area contributed by atoms with Crippen molar-refractivity contribution in [3.05, 3.63) is 75.5 Å². The zero-order valence-corrected chi connectivity index (χ0v) is 17.7. The van der Waals surface area contributed by atoms with E-state index >= 15 is 0 Å². The van der Waals surface area contributed by atoms with Gasteiger partial charge in [0.15, 0.2) is 0 Å². The fourth-order valence-electron chi connectivity index (χ4n) is 3.72. The molecule has 154 valence electrons. The first-order valence-corrected chi connectivity index (χ1v) is 10.1. The van der Waals surface area contributed by atoms with Gasteiger partial charge in [0.25, 0.3) is 5.56 Å². The smallest absolute Gasteiger partial charge is 0.258 e. The third kappa shape index (κ3) is 3.61. The first-order valence-electron chi connectivity index (χ1n) is 10.1. The molecule has 0 aliphatic rings. The van der Waals surface area contributed by atoms with Crippen molar-refractivity contribution >= 4 is 27.8 Å². The van der Waals surface area contributed by atoms with Gasteiger partial charge in [-0.25, -0.2) is 4.98 Å². The number of furan rings is 1. The first-order chi connectivity index (χ1) is 14.3. The van der Waals surface area contributed by atoms with E-state index in [9.17, 15) is 9.59 Å². The Kier molecular flexibility index (Phi) is 5.16. The number of hydrogen-bond donors (Lipinski definition) is 1. The van der Waals surface area contributed by atoms with Crippen molar-refractivity contribution in [3.63, 3.8) is 0 Å². The van der Waals surface area contributed by atoms with Crippen LogP contribution in [0.1, 0.15) is 36.4 Å². The first kappa shape index (κ1) is 19.9. The maximum atomic E-state index is 13.2. The van der Waals surface area contributed by atoms with E-state index in [4.69, 9.17) is 4.42 Å². The molecular weight excluding hydrogens is 378 g/mol. The molecule has 0 radical (unpaired) electrons. The van der Waals surface area contributed by atoms with Gasteiger partial charge in [-0.05, 0) is 51.0 Å². The molecule has 0 aliphatic carbocycles. The molecule has 2 aromatic carbocycles. The zero-order valence-electron chi connectivity index (χ0n) is 17.7. The lowest BCUT2D eigenvalue weighted by molar-refractivity contribution is -0.132. The number of nitrogens with zero attached hydrogens (tertiary/aromatic N) is 2. The van der Waals surface area contributed by atoms with Crippen LogP contribution >= 0.6 is 0 Å². The minimum Gasteiger partial charge on any atom is -0.464 e. The summed E-state index contributed by atoms with van der Waals surface area (Å²) in [4.78, 5) is 34.6. The molecule has 4 rings (SSSR count). The number of amides is 1. The summed E-state index contributed by atoms with van der Waals surface area (Å²) >= 11 is 0. The summed E-state index contributed by atoms with van der Waals surface area (Å²) < 4.78 is 5.75. The van der Waals surface area contributed by atoms with Crippen LogP contribution in [0.2, 0.25) is 0 Å². The summed E-state index contributed by atoms with van der Waals surface area (Å²) in [6.07, 6.45) is 1.90. The van der Waals surface area contributed by atoms with Crippen molar-refractivity contribution in [1.82, 2.24) is 14.9 Å². The molecular formula is C24H25N3O3. The summed E-state index contributed by atoms with van der Waals surface area (Å²) in [5, 5.41) is 1.51. The van der Waals surface area contributed by atoms with Crippen LogP contribution in [-0.4, -0.2) is 26.8 Å². The number of aromatic nitrogens is 2. The van der Waals surface area contributed by atoms with Gasteiger partial charge in [0, 0.05) is 17.0 Å². The Morgan fingerprint density at radius 1 is 1.13 bits per heavy atom. The molecule has 0 aliphatic heterocycles. The van der Waals surface area contributed by atoms with E-state index in [2.05, 4.69) is 9.97 Å². The van der Waals surface area contributed by atoms with Crippen molar-refractivity contribution < 1.29 is 9.21 Å². The maximum absolute atomic E-state index is 13.2. The van der Waals surface area contributed by atoms with Crippen molar-refractivity contribution in [2.75, 3.05) is 0 Å². The van der Waals surface area contributed by atoms with Gasteiger partial charge in [0.1, 0.15) is 11.4 Å². The highest BCUT2D eigenvalue weighted by molar-refractivity contribution is 5.89. The Hall–Kier alpha value is -3.41. The second-order valence-corrected chi connectivity index (χ2v) is 7.97. The lowest BCUT2D eigenvalue weighted by Crippen LogP contribution is -2.38. The molecule has 6 heteroatoms. The predicted octanol–water partition coefficient (Wildman–Crippen LogP) is 4.27. The van der Waals surface area contributed by atoms with Crippen LogP contribution in [-0.2, 0) is 17.8 Å². The highest BCUT2D eigenvalue weighted by Gasteiger charge is 2.21. The normalized spacial score (nSPS) is 11.5. The molecule has 0 unspecified atom stereocenters. The van der Waals surface area contributed by atoms with E-state index in [1.54, 1.807) is 29.4 Å². The number of fused-ring (bicyclic) bond motifs is 2. The molecule has 30 heavy (non-hydrogen) atoms. The monoisotopic (exact) mass is 403 g/mol. The quantitative estimate of drug-likeness (QED) is 0.540. The van der Waals surface area contributed by atoms with Gasteiger partial charge in [-0.2, -0.15) is 0 Å². The van der Waals surface area contributed by atoms with Gasteiger partial charge < -0.3 is 14.3 Å². The van der Waals surface area contributed by atoms with Crippen LogP contribution in [0.15, 0.2) is 51.9 Å². The lowest BCUT2D eigenvalue weighted by atomic mass is 10.0. The van der Waals surface area contributed by atoms with Gasteiger partial charge in [-0.3, -0.25) is 9.59 Å². The molecule has 0 fully saturated rings. The number of carbonyl (C=O) groups is 1. The van der Waals surface area contributed by atoms with Crippen molar-refractivity contribution in [1.29, 1.82) is 0 Å². The number of para-hydroxylation sites is 1. The minimum atomic E-state index is -0.196. The number of rotatable bonds is 5. The summed E-state index contributed by atoms with van der Waals surface area (Å²) in [6.45, 7) is 8.22. The van der Waals surface area contributed by atoms with Crippen molar-refractivity contribution in [2.45, 2.75) is 46.7 Å². The van der Waals surface area contributed by atoms with Crippen LogP contribution in [0.4, 0.5) is 0 Å². The second-order valence-electron chi connectivity index (χ2n) is 7.97. The minimum absolute atomic E-state index is 0.0401. The topological polar surface area (TPSA) is 79.2 Å². The highest BCUT2D eigenvalue weighted by atomic mass is 16.3. The molecule has 0 atom stereocenters. The Morgan fingerprint density at radius 3 is 2.67 bits per heavy atom. The van der Waals surface area contributed by atoms with Crippen LogP contribution in [0, 0.1) is 13.8 Å². The Balaban J connectivity index is 1.61. The maximum Gasteiger partial charge on any atom is 0.258 e. The molecule has 2 aromatic heterocycles. The summed E-state index contributed by atoms with van der Waals surface area (Å²) in [7, 11) is 0. The number of H-pyrrole nitrogens is 1. The van der Waals surface area contributed by atoms with Gasteiger partial charge in [0.2, 0.25) is 5.91 Å². The lowest BCUT2D eigenvalue weighted by Gasteiger charge is -2.26. The van der Waals surface area contributed by atoms with E-state index in [-0.39, 0.29) is 30.5 Å². The van der Waals surface area contributed by atoms with Gasteiger partial charge in [0.05, 0.1) is 30.1 Å². The largest absolute Gasteiger partial charge is 0.464 e. The zero-order chi connectivity index (χ0) is 21.4. The summed E-state index contributed by atoms with van der Waals surface area (Å²) in [5.74, 6) is 0.436. The third-order valence-electron chi connectivity index (χ3n) is 5.61. The van der Waals surface area contributed by atoms with Crippen LogP contribution in [0.25, 0.3) is 21.9 Å². The standard InChI is InChI=1S/C24H25N3O3/c1-14(2)27(12-21-25-20-8-6-5-7-19(20)24(29)26-21)22(28)11-17-13-30-23-16(4)15(3)9-10-18(17)23/h5-10,13-14H,11-12H2,1-4H3,(H,25,26,29). The molecule has 0 bridgehead atoms. The number of carbonyl (C=O) groups excluding carboxylic acids is 1. The van der Waals surface area contributed by atoms with E-state index in [1.807, 2.05) is 45.9 Å². The average Bonchev–Trinajstić information content (AvgIpc) is 3.12. The fourth-order valence-corrected chi connectivity index (χ4v) is 3.72. The fraction of sp³-hybridized carbons (Fsp3) is 0.292. The predicted molar refractivity (Wildman–Crippen MR) is 117 cm³/mol. The molecule has 6 nitrogen and oxygen atoms in total. The molecule has 0 saturated heterocycles. The van der Waals surface area contributed by atoms with Crippen LogP contribution in [0.5, 0.6) is 0 Å². The van der Waals surface area contributed by atoms with E-state index in [0.29, 0.717) is 16.7 Å². The molecule has 1 N–H and O–H groups in total. The van der Waals surface area contributed by atoms with E-state index in [1.165, 1.54) is 0 Å². The second kappa shape index (κ2) is 7.78. The highest BCUT2D eigenvalue weighted by Crippen LogP contribution is 2.27. The Morgan fingerprint density at radius 2 is 1.90 bits per heavy atom. The number of benzene rings is 2.